The number of carbonyl (C=O) groups excluding carboxylic acids is 1. The summed E-state index contributed by atoms with van der Waals surface area (Å²) >= 11 is 0. The van der Waals surface area contributed by atoms with Crippen molar-refractivity contribution in [2.75, 3.05) is 52.9 Å². The highest BCUT2D eigenvalue weighted by Gasteiger charge is 2.60. The maximum absolute atomic E-state index is 12.9. The number of rotatable bonds is 3. The van der Waals surface area contributed by atoms with Crippen molar-refractivity contribution in [2.45, 2.75) is 19.3 Å². The fraction of sp³-hybridized carbons (Fsp3) is 0.850. The molecular formula is C20H31N3O. The number of allylic oxidation sites excluding steroid dienone is 2. The third kappa shape index (κ3) is 2.62. The zero-order chi connectivity index (χ0) is 16.3. The molecule has 6 atom stereocenters. The van der Waals surface area contributed by atoms with E-state index in [1.165, 1.54) is 32.5 Å². The lowest BCUT2D eigenvalue weighted by Crippen LogP contribution is -2.39. The highest BCUT2D eigenvalue weighted by molar-refractivity contribution is 5.82. The number of hydrogen-bond acceptors (Lipinski definition) is 3. The molecule has 132 valence electrons. The summed E-state index contributed by atoms with van der Waals surface area (Å²) in [6, 6.07) is 0. The van der Waals surface area contributed by atoms with Gasteiger partial charge in [-0.2, -0.15) is 0 Å². The molecular weight excluding hydrogens is 298 g/mol. The van der Waals surface area contributed by atoms with Gasteiger partial charge in [0.1, 0.15) is 0 Å². The minimum atomic E-state index is 0.365. The predicted molar refractivity (Wildman–Crippen MR) is 94.4 cm³/mol. The van der Waals surface area contributed by atoms with Crippen LogP contribution in [0.5, 0.6) is 0 Å². The molecule has 0 radical (unpaired) electrons. The van der Waals surface area contributed by atoms with Crippen molar-refractivity contribution >= 4 is 5.91 Å². The molecule has 4 heteroatoms. The zero-order valence-corrected chi connectivity index (χ0v) is 14.9. The van der Waals surface area contributed by atoms with E-state index < -0.39 is 0 Å². The molecule has 0 N–H and O–H groups in total. The van der Waals surface area contributed by atoms with Crippen molar-refractivity contribution < 1.29 is 4.79 Å². The topological polar surface area (TPSA) is 26.8 Å². The zero-order valence-electron chi connectivity index (χ0n) is 14.9. The van der Waals surface area contributed by atoms with Gasteiger partial charge in [0.2, 0.25) is 5.91 Å². The van der Waals surface area contributed by atoms with E-state index in [-0.39, 0.29) is 0 Å². The van der Waals surface area contributed by atoms with Crippen molar-refractivity contribution in [3.63, 3.8) is 0 Å². The molecule has 5 rings (SSSR count). The fourth-order valence-electron chi connectivity index (χ4n) is 6.04. The molecule has 3 aliphatic carbocycles. The second kappa shape index (κ2) is 5.84. The van der Waals surface area contributed by atoms with E-state index in [1.807, 2.05) is 0 Å². The van der Waals surface area contributed by atoms with E-state index in [1.54, 1.807) is 0 Å². The number of amides is 1. The van der Waals surface area contributed by atoms with Gasteiger partial charge in [-0.05, 0) is 62.4 Å². The van der Waals surface area contributed by atoms with Crippen LogP contribution >= 0.6 is 0 Å². The summed E-state index contributed by atoms with van der Waals surface area (Å²) < 4.78 is 0. The average molecular weight is 329 g/mol. The minimum absolute atomic E-state index is 0.365. The van der Waals surface area contributed by atoms with E-state index in [0.717, 1.165) is 50.4 Å². The number of likely N-dealkylation sites (tertiary alicyclic amines) is 1. The summed E-state index contributed by atoms with van der Waals surface area (Å²) in [6.07, 6.45) is 8.87. The molecule has 2 bridgehead atoms. The summed E-state index contributed by atoms with van der Waals surface area (Å²) in [5, 5.41) is 0. The fourth-order valence-corrected chi connectivity index (χ4v) is 6.04. The van der Waals surface area contributed by atoms with Gasteiger partial charge in [-0.25, -0.2) is 0 Å². The first-order valence-electron chi connectivity index (χ1n) is 10.1. The molecule has 1 amide bonds. The van der Waals surface area contributed by atoms with Crippen LogP contribution in [0.1, 0.15) is 19.3 Å². The number of fused-ring (bicyclic) bond motifs is 3. The van der Waals surface area contributed by atoms with Gasteiger partial charge in [0.15, 0.2) is 0 Å². The minimum Gasteiger partial charge on any atom is -0.341 e. The van der Waals surface area contributed by atoms with Crippen LogP contribution in [0.4, 0.5) is 0 Å². The number of nitrogens with zero attached hydrogens (tertiary/aromatic N) is 3. The second-order valence-electron chi connectivity index (χ2n) is 9.09. The Hall–Kier alpha value is -0.870. The molecule has 0 spiro atoms. The van der Waals surface area contributed by atoms with Gasteiger partial charge in [-0.1, -0.05) is 12.2 Å². The van der Waals surface area contributed by atoms with Gasteiger partial charge in [-0.15, -0.1) is 0 Å². The Balaban J connectivity index is 1.12. The molecule has 2 aliphatic heterocycles. The first-order valence-corrected chi connectivity index (χ1v) is 10.1. The lowest BCUT2D eigenvalue weighted by Gasteiger charge is -2.27. The molecule has 2 saturated heterocycles. The molecule has 0 aromatic heterocycles. The SMILES string of the molecule is CN1CCCN(C(=O)C2[C@H]3CN(C[C@@H]4C[C@H]5C=C[C@@H]4C5)C[C@@H]23)CC1. The third-order valence-electron chi connectivity index (χ3n) is 7.50. The molecule has 2 saturated carbocycles. The van der Waals surface area contributed by atoms with Crippen LogP contribution in [0, 0.1) is 35.5 Å². The Bertz CT molecular complexity index is 535. The van der Waals surface area contributed by atoms with Crippen LogP contribution in [-0.4, -0.2) is 73.5 Å². The summed E-state index contributed by atoms with van der Waals surface area (Å²) in [5.41, 5.74) is 0. The van der Waals surface area contributed by atoms with Crippen molar-refractivity contribution in [1.82, 2.24) is 14.7 Å². The Labute approximate surface area is 145 Å². The van der Waals surface area contributed by atoms with Crippen LogP contribution in [0.3, 0.4) is 0 Å². The molecule has 1 unspecified atom stereocenters. The van der Waals surface area contributed by atoms with Crippen LogP contribution < -0.4 is 0 Å². The lowest BCUT2D eigenvalue weighted by atomic mass is 9.93. The van der Waals surface area contributed by atoms with Crippen LogP contribution in [-0.2, 0) is 4.79 Å². The predicted octanol–water partition coefficient (Wildman–Crippen LogP) is 1.54. The number of carbonyl (C=O) groups is 1. The van der Waals surface area contributed by atoms with E-state index in [4.69, 9.17) is 0 Å². The first kappa shape index (κ1) is 15.4. The Morgan fingerprint density at radius 2 is 1.88 bits per heavy atom. The largest absolute Gasteiger partial charge is 0.341 e. The quantitative estimate of drug-likeness (QED) is 0.735. The summed E-state index contributed by atoms with van der Waals surface area (Å²) in [7, 11) is 2.17. The van der Waals surface area contributed by atoms with E-state index in [9.17, 15) is 4.79 Å². The number of hydrogen-bond donors (Lipinski definition) is 0. The first-order chi connectivity index (χ1) is 11.7. The standard InChI is InChI=1S/C20H31N3O/c1-21-5-2-6-23(8-7-21)20(24)19-17-12-22(13-18(17)19)11-16-10-14-3-4-15(16)9-14/h3-4,14-19H,2,5-13H2,1H3/t14-,15+,16-,17-,18+,19?/m0/s1. The molecule has 4 nitrogen and oxygen atoms in total. The molecule has 0 aromatic carbocycles. The maximum Gasteiger partial charge on any atom is 0.226 e. The Kier molecular flexibility index (Phi) is 3.75. The second-order valence-corrected chi connectivity index (χ2v) is 9.09. The van der Waals surface area contributed by atoms with Crippen molar-refractivity contribution in [3.05, 3.63) is 12.2 Å². The van der Waals surface area contributed by atoms with Crippen LogP contribution in [0.15, 0.2) is 12.2 Å². The number of piperidine rings is 1. The van der Waals surface area contributed by atoms with Gasteiger partial charge < -0.3 is 14.7 Å². The van der Waals surface area contributed by atoms with Crippen LogP contribution in [0.2, 0.25) is 0 Å². The van der Waals surface area contributed by atoms with E-state index >= 15 is 0 Å². The van der Waals surface area contributed by atoms with Gasteiger partial charge in [-0.3, -0.25) is 4.79 Å². The highest BCUT2D eigenvalue weighted by Crippen LogP contribution is 2.53. The normalized spacial score (nSPS) is 44.8. The molecule has 2 heterocycles. The molecule has 4 fully saturated rings. The smallest absolute Gasteiger partial charge is 0.226 e. The monoisotopic (exact) mass is 329 g/mol. The maximum atomic E-state index is 12.9. The molecule has 24 heavy (non-hydrogen) atoms. The van der Waals surface area contributed by atoms with Crippen molar-refractivity contribution in [3.8, 4) is 0 Å². The van der Waals surface area contributed by atoms with Gasteiger partial charge in [0.25, 0.3) is 0 Å². The molecule has 0 aromatic rings. The highest BCUT2D eigenvalue weighted by atomic mass is 16.2. The van der Waals surface area contributed by atoms with E-state index in [0.29, 0.717) is 23.7 Å². The van der Waals surface area contributed by atoms with Crippen molar-refractivity contribution in [2.24, 2.45) is 35.5 Å². The summed E-state index contributed by atoms with van der Waals surface area (Å²) in [6.45, 7) is 7.74. The lowest BCUT2D eigenvalue weighted by molar-refractivity contribution is -0.133. The van der Waals surface area contributed by atoms with Crippen molar-refractivity contribution in [1.29, 1.82) is 0 Å². The molecule has 5 aliphatic rings. The Morgan fingerprint density at radius 3 is 2.58 bits per heavy atom. The average Bonchev–Trinajstić information content (AvgIpc) is 2.91. The number of likely N-dealkylation sites (N-methyl/N-ethyl adjacent to an activating group) is 1. The van der Waals surface area contributed by atoms with Gasteiger partial charge in [0.05, 0.1) is 0 Å². The van der Waals surface area contributed by atoms with E-state index in [2.05, 4.69) is 33.9 Å². The van der Waals surface area contributed by atoms with Gasteiger partial charge in [0, 0.05) is 45.2 Å². The summed E-state index contributed by atoms with van der Waals surface area (Å²) in [5.74, 6) is 4.83. The van der Waals surface area contributed by atoms with Crippen LogP contribution in [0.25, 0.3) is 0 Å². The third-order valence-corrected chi connectivity index (χ3v) is 7.50. The van der Waals surface area contributed by atoms with Gasteiger partial charge >= 0.3 is 0 Å². The Morgan fingerprint density at radius 1 is 1.04 bits per heavy atom. The summed E-state index contributed by atoms with van der Waals surface area (Å²) in [4.78, 5) is 20.1.